The molecule has 2 N–H and O–H groups in total. The summed E-state index contributed by atoms with van der Waals surface area (Å²) in [7, 11) is -7.44. The lowest BCUT2D eigenvalue weighted by molar-refractivity contribution is -0.132. The molecule has 3 amide bonds. The van der Waals surface area contributed by atoms with Gasteiger partial charge < -0.3 is 44.1 Å². The van der Waals surface area contributed by atoms with Gasteiger partial charge in [0.15, 0.2) is 23.0 Å². The van der Waals surface area contributed by atoms with Crippen molar-refractivity contribution < 1.29 is 54.9 Å². The number of ether oxygens (including phenoxy) is 5. The van der Waals surface area contributed by atoms with Gasteiger partial charge in [0.1, 0.15) is 32.0 Å². The quantitative estimate of drug-likeness (QED) is 0.138. The van der Waals surface area contributed by atoms with Crippen molar-refractivity contribution in [2.24, 2.45) is 5.92 Å². The average Bonchev–Trinajstić information content (AvgIpc) is 4.34. The zero-order valence-corrected chi connectivity index (χ0v) is 45.5. The number of alkyl carbamates (subject to hydrolysis) is 1. The lowest BCUT2D eigenvalue weighted by atomic mass is 9.97. The number of hydrogen-bond donors (Lipinski definition) is 2. The summed E-state index contributed by atoms with van der Waals surface area (Å²) in [5.74, 6) is 1.81. The predicted molar refractivity (Wildman–Crippen MR) is 287 cm³/mol. The second-order valence-corrected chi connectivity index (χ2v) is 25.5. The Hall–Kier alpha value is -6.45. The van der Waals surface area contributed by atoms with Crippen molar-refractivity contribution in [3.05, 3.63) is 130 Å². The van der Waals surface area contributed by atoms with E-state index in [2.05, 4.69) is 10.6 Å². The number of benzene rings is 4. The zero-order valence-electron chi connectivity index (χ0n) is 43.9. The van der Waals surface area contributed by atoms with E-state index in [1.807, 2.05) is 65.6 Å². The van der Waals surface area contributed by atoms with Crippen molar-refractivity contribution in [1.82, 2.24) is 29.0 Å². The first kappa shape index (κ1) is 53.9. The molecule has 0 saturated heterocycles. The maximum atomic E-state index is 13.7. The third kappa shape index (κ3) is 12.3. The molecule has 0 unspecified atom stereocenters. The van der Waals surface area contributed by atoms with Gasteiger partial charge in [0, 0.05) is 77.6 Å². The maximum absolute atomic E-state index is 13.7. The van der Waals surface area contributed by atoms with E-state index < -0.39 is 37.7 Å². The molecule has 77 heavy (non-hydrogen) atoms. The van der Waals surface area contributed by atoms with Gasteiger partial charge in [-0.2, -0.15) is 8.61 Å². The Morgan fingerprint density at radius 1 is 0.558 bits per heavy atom. The number of nitrogens with one attached hydrogen (secondary N) is 2. The highest BCUT2D eigenvalue weighted by atomic mass is 32.2. The Balaban J connectivity index is 0.000000175. The normalized spacial score (nSPS) is 19.4. The fourth-order valence-corrected chi connectivity index (χ4v) is 14.0. The largest absolute Gasteiger partial charge is 0.486 e. The molecule has 6 heterocycles. The molecule has 20 heteroatoms. The van der Waals surface area contributed by atoms with E-state index in [9.17, 15) is 31.2 Å². The van der Waals surface area contributed by atoms with Gasteiger partial charge in [-0.25, -0.2) is 21.6 Å². The van der Waals surface area contributed by atoms with Crippen molar-refractivity contribution in [3.8, 4) is 23.0 Å². The van der Waals surface area contributed by atoms with E-state index in [1.165, 1.54) is 46.4 Å². The minimum absolute atomic E-state index is 0.0869. The second kappa shape index (κ2) is 22.9. The first-order valence-electron chi connectivity index (χ1n) is 26.5. The van der Waals surface area contributed by atoms with E-state index in [4.69, 9.17) is 23.7 Å². The Labute approximate surface area is 451 Å². The highest BCUT2D eigenvalue weighted by molar-refractivity contribution is 7.89. The van der Waals surface area contributed by atoms with Crippen molar-refractivity contribution in [2.75, 3.05) is 98.4 Å². The van der Waals surface area contributed by atoms with Crippen LogP contribution in [0.1, 0.15) is 69.4 Å². The SMILES string of the molecule is CC(C)(C)OC(=O)NC[C@H](C(=O)N1CC2=C(C1)CN(S(=O)(=O)c1ccc3c(c1)OCCO3)C2)c1ccccc1.O=C([C@@H](CNCC1CCCC1)c1ccccc1)N1CC2=C(C1)CN(S(=O)(=O)c1ccc3c(c1)OCCO3)C2. The van der Waals surface area contributed by atoms with Crippen LogP contribution in [0, 0.1) is 5.92 Å². The molecule has 1 aliphatic carbocycles. The lowest BCUT2D eigenvalue weighted by Gasteiger charge is -2.27. The molecule has 6 aliphatic heterocycles. The van der Waals surface area contributed by atoms with Crippen LogP contribution in [0.3, 0.4) is 0 Å². The molecule has 4 aromatic rings. The molecule has 1 fully saturated rings. The Morgan fingerprint density at radius 3 is 1.38 bits per heavy atom. The molecule has 18 nitrogen and oxygen atoms in total. The summed E-state index contributed by atoms with van der Waals surface area (Å²) in [4.78, 5) is 43.7. The number of amides is 3. The van der Waals surface area contributed by atoms with Gasteiger partial charge in [0.05, 0.1) is 21.6 Å². The molecule has 7 aliphatic rings. The summed E-state index contributed by atoms with van der Waals surface area (Å²) in [6.07, 6.45) is 4.56. The van der Waals surface area contributed by atoms with E-state index >= 15 is 0 Å². The summed E-state index contributed by atoms with van der Waals surface area (Å²) in [6.45, 7) is 11.4. The highest BCUT2D eigenvalue weighted by Gasteiger charge is 2.42. The van der Waals surface area contributed by atoms with Crippen LogP contribution in [-0.2, 0) is 34.4 Å². The standard InChI is InChI=1S/C29H35N3O5S.C28H33N3O7S/c33-29(26(22-8-2-1-3-9-22)16-30-15-21-6-4-5-7-21)31-17-23-19-32(20-24(23)18-31)38(34,35)25-10-11-27-28(14-25)37-13-12-36-27;1-28(2,3)38-27(33)29-14-23(19-7-5-4-6-8-19)26(32)30-15-20-17-31(18-21(20)16-30)39(34,35)22-9-10-24-25(13-22)37-12-11-36-24/h1-3,8-11,14,21,26,30H,4-7,12-13,15-20H2;4-10,13,23H,11-12,14-18H2,1-3H3,(H,29,33)/t26-;23-/m00/s1. The third-order valence-electron chi connectivity index (χ3n) is 15.0. The lowest BCUT2D eigenvalue weighted by Crippen LogP contribution is -2.42. The number of carbonyl (C=O) groups is 3. The van der Waals surface area contributed by atoms with Gasteiger partial charge in [0.25, 0.3) is 0 Å². The maximum Gasteiger partial charge on any atom is 0.407 e. The Kier molecular flexibility index (Phi) is 16.0. The zero-order chi connectivity index (χ0) is 53.9. The summed E-state index contributed by atoms with van der Waals surface area (Å²) < 4.78 is 84.0. The smallest absolute Gasteiger partial charge is 0.407 e. The minimum Gasteiger partial charge on any atom is -0.486 e. The number of hydrogen-bond acceptors (Lipinski definition) is 13. The van der Waals surface area contributed by atoms with Gasteiger partial charge in [-0.1, -0.05) is 73.5 Å². The molecule has 0 radical (unpaired) electrons. The predicted octanol–water partition coefficient (Wildman–Crippen LogP) is 6.07. The topological polar surface area (TPSA) is 203 Å². The van der Waals surface area contributed by atoms with Crippen molar-refractivity contribution in [1.29, 1.82) is 0 Å². The van der Waals surface area contributed by atoms with Gasteiger partial charge in [-0.3, -0.25) is 9.59 Å². The third-order valence-corrected chi connectivity index (χ3v) is 18.6. The average molecular weight is 1090 g/mol. The fourth-order valence-electron chi connectivity index (χ4n) is 11.1. The van der Waals surface area contributed by atoms with Crippen molar-refractivity contribution in [3.63, 3.8) is 0 Å². The number of nitrogens with zero attached hydrogens (tertiary/aromatic N) is 4. The van der Waals surface area contributed by atoms with Crippen LogP contribution in [0.25, 0.3) is 0 Å². The monoisotopic (exact) mass is 1090 g/mol. The van der Waals surface area contributed by atoms with E-state index in [0.29, 0.717) is 101 Å². The highest BCUT2D eigenvalue weighted by Crippen LogP contribution is 2.38. The van der Waals surface area contributed by atoms with Crippen LogP contribution in [-0.4, -0.2) is 157 Å². The number of rotatable bonds is 14. The van der Waals surface area contributed by atoms with Crippen molar-refractivity contribution in [2.45, 2.75) is 73.7 Å². The van der Waals surface area contributed by atoms with E-state index in [-0.39, 0.29) is 47.2 Å². The summed E-state index contributed by atoms with van der Waals surface area (Å²) >= 11 is 0. The molecule has 0 bridgehead atoms. The Morgan fingerprint density at radius 2 is 0.961 bits per heavy atom. The molecule has 410 valence electrons. The van der Waals surface area contributed by atoms with Crippen LogP contribution >= 0.6 is 0 Å². The summed E-state index contributed by atoms with van der Waals surface area (Å²) in [5, 5.41) is 6.31. The van der Waals surface area contributed by atoms with Crippen LogP contribution in [0.2, 0.25) is 0 Å². The second-order valence-electron chi connectivity index (χ2n) is 21.6. The fraction of sp³-hybridized carbons (Fsp3) is 0.456. The number of fused-ring (bicyclic) bond motifs is 2. The van der Waals surface area contributed by atoms with Gasteiger partial charge >= 0.3 is 6.09 Å². The Bertz CT molecular complexity index is 3110. The number of carbonyl (C=O) groups excluding carboxylic acids is 3. The van der Waals surface area contributed by atoms with Gasteiger partial charge in [-0.15, -0.1) is 0 Å². The van der Waals surface area contributed by atoms with Crippen LogP contribution in [0.15, 0.2) is 129 Å². The molecule has 11 rings (SSSR count). The minimum atomic E-state index is -3.75. The van der Waals surface area contributed by atoms with Crippen LogP contribution < -0.4 is 29.6 Å². The van der Waals surface area contributed by atoms with Gasteiger partial charge in [-0.05, 0) is 104 Å². The molecule has 0 aromatic heterocycles. The van der Waals surface area contributed by atoms with Crippen molar-refractivity contribution >= 4 is 38.0 Å². The summed E-state index contributed by atoms with van der Waals surface area (Å²) in [6, 6.07) is 28.7. The first-order valence-corrected chi connectivity index (χ1v) is 29.4. The van der Waals surface area contributed by atoms with E-state index in [0.717, 1.165) is 40.0 Å². The van der Waals surface area contributed by atoms with Gasteiger partial charge in [0.2, 0.25) is 31.9 Å². The van der Waals surface area contributed by atoms with Crippen LogP contribution in [0.4, 0.5) is 4.79 Å². The van der Waals surface area contributed by atoms with E-state index in [1.54, 1.807) is 49.9 Å². The van der Waals surface area contributed by atoms with Crippen LogP contribution in [0.5, 0.6) is 23.0 Å². The molecular weight excluding hydrogens is 1020 g/mol. The molecule has 0 spiro atoms. The molecule has 4 aromatic carbocycles. The molecule has 2 atom stereocenters. The molecular formula is C57H68N6O12S2. The first-order chi connectivity index (χ1) is 37.0. The number of sulfonamides is 2. The summed E-state index contributed by atoms with van der Waals surface area (Å²) in [5.41, 5.74) is 5.07. The molecule has 1 saturated carbocycles.